The van der Waals surface area contributed by atoms with Gasteiger partial charge >= 0.3 is 5.97 Å². The standard InChI is InChI=1S/C27H22N2O5S/c1-18-7-13-22(14-8-18)28-24(30)17-34-26(32)21-11-9-19(10-12-21)15-23-25(31)29(27(33)35-23)16-20-5-3-2-4-6-20/h2-15H,16-17H2,1H3,(H,28,30)/b23-15-. The van der Waals surface area contributed by atoms with Gasteiger partial charge in [-0.15, -0.1) is 0 Å². The second-order valence-electron chi connectivity index (χ2n) is 7.87. The van der Waals surface area contributed by atoms with E-state index in [0.717, 1.165) is 22.9 Å². The molecule has 0 aromatic heterocycles. The molecule has 0 aliphatic carbocycles. The SMILES string of the molecule is Cc1ccc(NC(=O)COC(=O)c2ccc(/C=C3\SC(=O)N(Cc4ccccc4)C3=O)cc2)cc1. The Morgan fingerprint density at radius 2 is 1.63 bits per heavy atom. The lowest BCUT2D eigenvalue weighted by Crippen LogP contribution is -2.27. The second-order valence-corrected chi connectivity index (χ2v) is 8.86. The molecule has 1 fully saturated rings. The second kappa shape index (κ2) is 10.8. The van der Waals surface area contributed by atoms with Crippen molar-refractivity contribution >= 4 is 46.5 Å². The van der Waals surface area contributed by atoms with Crippen LogP contribution in [-0.4, -0.2) is 34.5 Å². The quantitative estimate of drug-likeness (QED) is 0.372. The summed E-state index contributed by atoms with van der Waals surface area (Å²) in [5, 5.41) is 2.34. The molecule has 0 radical (unpaired) electrons. The van der Waals surface area contributed by atoms with Crippen molar-refractivity contribution in [2.75, 3.05) is 11.9 Å². The summed E-state index contributed by atoms with van der Waals surface area (Å²) in [5.74, 6) is -1.43. The fourth-order valence-corrected chi connectivity index (χ4v) is 4.16. The number of carbonyl (C=O) groups excluding carboxylic acids is 4. The van der Waals surface area contributed by atoms with Crippen molar-refractivity contribution in [3.8, 4) is 0 Å². The van der Waals surface area contributed by atoms with Crippen molar-refractivity contribution in [2.45, 2.75) is 13.5 Å². The maximum absolute atomic E-state index is 12.7. The molecule has 0 spiro atoms. The molecular formula is C27H22N2O5S. The van der Waals surface area contributed by atoms with Crippen molar-refractivity contribution in [2.24, 2.45) is 0 Å². The van der Waals surface area contributed by atoms with Crippen molar-refractivity contribution in [3.05, 3.63) is 106 Å². The van der Waals surface area contributed by atoms with E-state index >= 15 is 0 Å². The molecule has 1 saturated heterocycles. The van der Waals surface area contributed by atoms with Crippen LogP contribution in [0.2, 0.25) is 0 Å². The number of imide groups is 1. The zero-order valence-electron chi connectivity index (χ0n) is 18.9. The molecule has 7 nitrogen and oxygen atoms in total. The summed E-state index contributed by atoms with van der Waals surface area (Å²) in [4.78, 5) is 50.8. The summed E-state index contributed by atoms with van der Waals surface area (Å²) >= 11 is 0.882. The first-order valence-corrected chi connectivity index (χ1v) is 11.6. The van der Waals surface area contributed by atoms with Crippen LogP contribution in [0.15, 0.2) is 83.8 Å². The van der Waals surface area contributed by atoms with E-state index in [2.05, 4.69) is 5.32 Å². The Bertz CT molecular complexity index is 1290. The first kappa shape index (κ1) is 24.0. The number of esters is 1. The van der Waals surface area contributed by atoms with Gasteiger partial charge in [0, 0.05) is 5.69 Å². The number of nitrogens with one attached hydrogen (secondary N) is 1. The highest BCUT2D eigenvalue weighted by molar-refractivity contribution is 8.18. The van der Waals surface area contributed by atoms with Crippen molar-refractivity contribution < 1.29 is 23.9 Å². The van der Waals surface area contributed by atoms with Gasteiger partial charge < -0.3 is 10.1 Å². The van der Waals surface area contributed by atoms with Crippen molar-refractivity contribution in [3.63, 3.8) is 0 Å². The van der Waals surface area contributed by atoms with E-state index in [0.29, 0.717) is 16.2 Å². The Labute approximate surface area is 206 Å². The molecule has 0 atom stereocenters. The van der Waals surface area contributed by atoms with Gasteiger partial charge in [-0.2, -0.15) is 0 Å². The van der Waals surface area contributed by atoms with Gasteiger partial charge in [-0.25, -0.2) is 4.79 Å². The molecule has 1 aliphatic heterocycles. The highest BCUT2D eigenvalue weighted by Crippen LogP contribution is 2.33. The third-order valence-corrected chi connectivity index (χ3v) is 6.08. The first-order chi connectivity index (χ1) is 16.9. The van der Waals surface area contributed by atoms with Crippen LogP contribution in [0.4, 0.5) is 10.5 Å². The van der Waals surface area contributed by atoms with Crippen LogP contribution in [0.3, 0.4) is 0 Å². The summed E-state index contributed by atoms with van der Waals surface area (Å²) in [6.07, 6.45) is 1.61. The topological polar surface area (TPSA) is 92.8 Å². The molecule has 3 aromatic carbocycles. The van der Waals surface area contributed by atoms with Gasteiger partial charge in [-0.3, -0.25) is 19.3 Å². The fourth-order valence-electron chi connectivity index (χ4n) is 3.32. The molecule has 3 amide bonds. The summed E-state index contributed by atoms with van der Waals surface area (Å²) in [6.45, 7) is 1.74. The highest BCUT2D eigenvalue weighted by atomic mass is 32.2. The minimum absolute atomic E-state index is 0.213. The van der Waals surface area contributed by atoms with Crippen molar-refractivity contribution in [1.29, 1.82) is 0 Å². The number of amides is 3. The van der Waals surface area contributed by atoms with E-state index in [4.69, 9.17) is 4.74 Å². The van der Waals surface area contributed by atoms with Gasteiger partial charge in [0.05, 0.1) is 17.0 Å². The number of carbonyl (C=O) groups is 4. The lowest BCUT2D eigenvalue weighted by molar-refractivity contribution is -0.123. The van der Waals surface area contributed by atoms with Crippen LogP contribution in [0.1, 0.15) is 27.0 Å². The summed E-state index contributed by atoms with van der Waals surface area (Å²) < 4.78 is 5.08. The van der Waals surface area contributed by atoms with E-state index in [1.54, 1.807) is 42.5 Å². The Morgan fingerprint density at radius 1 is 0.943 bits per heavy atom. The van der Waals surface area contributed by atoms with E-state index in [9.17, 15) is 19.2 Å². The Hall–Kier alpha value is -4.17. The van der Waals surface area contributed by atoms with E-state index in [1.165, 1.54) is 4.90 Å². The van der Waals surface area contributed by atoms with Crippen LogP contribution >= 0.6 is 11.8 Å². The molecule has 4 rings (SSSR count). The monoisotopic (exact) mass is 486 g/mol. The molecule has 35 heavy (non-hydrogen) atoms. The largest absolute Gasteiger partial charge is 0.452 e. The molecule has 0 saturated carbocycles. The number of hydrogen-bond donors (Lipinski definition) is 1. The average molecular weight is 487 g/mol. The van der Waals surface area contributed by atoms with Crippen LogP contribution in [-0.2, 0) is 20.9 Å². The van der Waals surface area contributed by atoms with Crippen molar-refractivity contribution in [1.82, 2.24) is 4.90 Å². The number of thioether (sulfide) groups is 1. The molecule has 176 valence electrons. The molecule has 1 aliphatic rings. The lowest BCUT2D eigenvalue weighted by Gasteiger charge is -2.12. The number of hydrogen-bond acceptors (Lipinski definition) is 6. The fraction of sp³-hybridized carbons (Fsp3) is 0.111. The number of benzene rings is 3. The van der Waals surface area contributed by atoms with E-state index < -0.39 is 18.5 Å². The highest BCUT2D eigenvalue weighted by Gasteiger charge is 2.34. The third-order valence-electron chi connectivity index (χ3n) is 5.17. The molecule has 0 bridgehead atoms. The number of nitrogens with zero attached hydrogens (tertiary/aromatic N) is 1. The smallest absolute Gasteiger partial charge is 0.338 e. The minimum atomic E-state index is -0.640. The summed E-state index contributed by atoms with van der Waals surface area (Å²) in [5.41, 5.74) is 3.48. The minimum Gasteiger partial charge on any atom is -0.452 e. The Morgan fingerprint density at radius 3 is 2.31 bits per heavy atom. The molecule has 3 aromatic rings. The van der Waals surface area contributed by atoms with Gasteiger partial charge in [-0.1, -0.05) is 60.2 Å². The number of ether oxygens (including phenoxy) is 1. The average Bonchev–Trinajstić information content (AvgIpc) is 3.12. The Kier molecular flexibility index (Phi) is 7.42. The molecular weight excluding hydrogens is 464 g/mol. The number of rotatable bonds is 7. The van der Waals surface area contributed by atoms with Gasteiger partial charge in [0.1, 0.15) is 0 Å². The predicted molar refractivity (Wildman–Crippen MR) is 134 cm³/mol. The first-order valence-electron chi connectivity index (χ1n) is 10.8. The van der Waals surface area contributed by atoms with E-state index in [1.807, 2.05) is 49.4 Å². The maximum atomic E-state index is 12.7. The maximum Gasteiger partial charge on any atom is 0.338 e. The zero-order chi connectivity index (χ0) is 24.8. The molecule has 1 heterocycles. The normalized spacial score (nSPS) is 14.3. The van der Waals surface area contributed by atoms with Gasteiger partial charge in [0.15, 0.2) is 6.61 Å². The molecule has 0 unspecified atom stereocenters. The van der Waals surface area contributed by atoms with Crippen LogP contribution in [0.5, 0.6) is 0 Å². The van der Waals surface area contributed by atoms with Crippen LogP contribution < -0.4 is 5.32 Å². The van der Waals surface area contributed by atoms with Crippen LogP contribution in [0, 0.1) is 6.92 Å². The van der Waals surface area contributed by atoms with Gasteiger partial charge in [0.25, 0.3) is 17.1 Å². The molecule has 8 heteroatoms. The third kappa shape index (κ3) is 6.24. The van der Waals surface area contributed by atoms with Gasteiger partial charge in [0.2, 0.25) is 0 Å². The number of anilines is 1. The zero-order valence-corrected chi connectivity index (χ0v) is 19.7. The van der Waals surface area contributed by atoms with Gasteiger partial charge in [-0.05, 0) is 60.2 Å². The number of aryl methyl sites for hydroxylation is 1. The molecule has 1 N–H and O–H groups in total. The van der Waals surface area contributed by atoms with E-state index in [-0.39, 0.29) is 23.3 Å². The van der Waals surface area contributed by atoms with Crippen LogP contribution in [0.25, 0.3) is 6.08 Å². The summed E-state index contributed by atoms with van der Waals surface area (Å²) in [7, 11) is 0. The lowest BCUT2D eigenvalue weighted by atomic mass is 10.1. The predicted octanol–water partition coefficient (Wildman–Crippen LogP) is 5.03. The summed E-state index contributed by atoms with van der Waals surface area (Å²) in [6, 6.07) is 22.9. The Balaban J connectivity index is 1.33.